The zero-order valence-electron chi connectivity index (χ0n) is 24.6. The normalized spacial score (nSPS) is 24.4. The molecule has 1 aromatic rings. The number of aromatic nitrogens is 2. The average molecular weight is 568 g/mol. The van der Waals surface area contributed by atoms with Crippen molar-refractivity contribution in [1.82, 2.24) is 19.8 Å². The van der Waals surface area contributed by atoms with Crippen molar-refractivity contribution < 1.29 is 19.1 Å². The molecule has 0 N–H and O–H groups in total. The number of rotatable bonds is 7. The van der Waals surface area contributed by atoms with E-state index in [2.05, 4.69) is 20.8 Å². The summed E-state index contributed by atoms with van der Waals surface area (Å²) in [6, 6.07) is 1.62. The molecule has 5 heterocycles. The number of hydrogen-bond acceptors (Lipinski definition) is 9. The van der Waals surface area contributed by atoms with E-state index in [0.29, 0.717) is 52.0 Å². The smallest absolute Gasteiger partial charge is 0.321 e. The third-order valence-corrected chi connectivity index (χ3v) is 9.75. The molecular formula is C30H45N7O4. The van der Waals surface area contributed by atoms with Gasteiger partial charge in [0.05, 0.1) is 6.61 Å². The minimum Gasteiger partial charge on any atom is -0.465 e. The van der Waals surface area contributed by atoms with Gasteiger partial charge in [0.15, 0.2) is 0 Å². The molecule has 0 bridgehead atoms. The zero-order chi connectivity index (χ0) is 28.4. The molecule has 1 saturated carbocycles. The number of esters is 1. The molecule has 4 saturated heterocycles. The van der Waals surface area contributed by atoms with E-state index >= 15 is 0 Å². The highest BCUT2D eigenvalue weighted by Gasteiger charge is 2.53. The van der Waals surface area contributed by atoms with E-state index in [9.17, 15) is 14.4 Å². The highest BCUT2D eigenvalue weighted by Crippen LogP contribution is 2.42. The van der Waals surface area contributed by atoms with E-state index < -0.39 is 17.4 Å². The van der Waals surface area contributed by atoms with Crippen molar-refractivity contribution in [3.63, 3.8) is 0 Å². The maximum Gasteiger partial charge on any atom is 0.321 e. The lowest BCUT2D eigenvalue weighted by molar-refractivity contribution is -0.167. The molecular weight excluding hydrogens is 522 g/mol. The van der Waals surface area contributed by atoms with Gasteiger partial charge in [0.25, 0.3) is 0 Å². The second kappa shape index (κ2) is 12.0. The monoisotopic (exact) mass is 567 g/mol. The predicted molar refractivity (Wildman–Crippen MR) is 156 cm³/mol. The second-order valence-electron chi connectivity index (χ2n) is 12.3. The van der Waals surface area contributed by atoms with Crippen LogP contribution in [0.1, 0.15) is 71.1 Å². The summed E-state index contributed by atoms with van der Waals surface area (Å²) in [6.07, 6.45) is 8.86. The van der Waals surface area contributed by atoms with Gasteiger partial charge in [-0.25, -0.2) is 0 Å². The summed E-state index contributed by atoms with van der Waals surface area (Å²) >= 11 is 0. The van der Waals surface area contributed by atoms with Crippen molar-refractivity contribution in [3.05, 3.63) is 6.07 Å². The number of hydrogen-bond donors (Lipinski definition) is 0. The summed E-state index contributed by atoms with van der Waals surface area (Å²) in [5.74, 6) is 2.16. The van der Waals surface area contributed by atoms with Gasteiger partial charge in [-0.15, -0.1) is 0 Å². The van der Waals surface area contributed by atoms with Crippen LogP contribution in [0.2, 0.25) is 0 Å². The second-order valence-corrected chi connectivity index (χ2v) is 12.3. The molecule has 224 valence electrons. The van der Waals surface area contributed by atoms with Gasteiger partial charge in [0.1, 0.15) is 23.1 Å². The third kappa shape index (κ3) is 5.44. The first-order valence-electron chi connectivity index (χ1n) is 15.9. The summed E-state index contributed by atoms with van der Waals surface area (Å²) in [5.41, 5.74) is -1.12. The molecule has 4 aliphatic heterocycles. The van der Waals surface area contributed by atoms with Crippen LogP contribution in [0.15, 0.2) is 6.07 Å². The van der Waals surface area contributed by atoms with Crippen LogP contribution in [-0.4, -0.2) is 109 Å². The standard InChI is InChI=1S/C30H45N7O4/c1-2-41-28(40)30(11-3-4-12-30)27(39)37-17-9-10-23(37)26(38)35-20-18-34(19-21-35)25-22-24(33-13-5-6-14-33)31-29(32-25)36-15-7-8-16-36/h22-23H,2-21H2,1H3. The molecule has 6 rings (SSSR count). The summed E-state index contributed by atoms with van der Waals surface area (Å²) in [6.45, 7) is 9.17. The lowest BCUT2D eigenvalue weighted by atomic mass is 9.84. The summed E-state index contributed by atoms with van der Waals surface area (Å²) < 4.78 is 5.35. The third-order valence-electron chi connectivity index (χ3n) is 9.75. The molecule has 0 radical (unpaired) electrons. The Morgan fingerprint density at radius 3 is 1.98 bits per heavy atom. The first kappa shape index (κ1) is 28.0. The number of carbonyl (C=O) groups excluding carboxylic acids is 3. The van der Waals surface area contributed by atoms with Gasteiger partial charge in [-0.3, -0.25) is 14.4 Å². The first-order chi connectivity index (χ1) is 20.0. The zero-order valence-corrected chi connectivity index (χ0v) is 24.6. The van der Waals surface area contributed by atoms with E-state index in [1.165, 1.54) is 25.7 Å². The van der Waals surface area contributed by atoms with Gasteiger partial charge in [-0.05, 0) is 58.3 Å². The Bertz CT molecular complexity index is 1090. The van der Waals surface area contributed by atoms with Gasteiger partial charge < -0.3 is 29.2 Å². The van der Waals surface area contributed by atoms with Gasteiger partial charge in [-0.1, -0.05) is 12.8 Å². The molecule has 1 aliphatic carbocycles. The van der Waals surface area contributed by atoms with Crippen molar-refractivity contribution in [2.24, 2.45) is 5.41 Å². The van der Waals surface area contributed by atoms with E-state index in [0.717, 1.165) is 63.0 Å². The van der Waals surface area contributed by atoms with Crippen molar-refractivity contribution in [2.75, 3.05) is 80.2 Å². The summed E-state index contributed by atoms with van der Waals surface area (Å²) in [7, 11) is 0. The lowest BCUT2D eigenvalue weighted by Crippen LogP contribution is -2.57. The van der Waals surface area contributed by atoms with Crippen molar-refractivity contribution in [2.45, 2.75) is 77.2 Å². The van der Waals surface area contributed by atoms with Gasteiger partial charge in [0, 0.05) is 65.0 Å². The molecule has 5 aliphatic rings. The molecule has 5 fully saturated rings. The number of anilines is 3. The molecule has 1 aromatic heterocycles. The van der Waals surface area contributed by atoms with Gasteiger partial charge in [-0.2, -0.15) is 9.97 Å². The Labute approximate surface area is 243 Å². The number of ether oxygens (including phenoxy) is 1. The van der Waals surface area contributed by atoms with Crippen LogP contribution in [0.25, 0.3) is 0 Å². The quantitative estimate of drug-likeness (QED) is 0.363. The highest BCUT2D eigenvalue weighted by atomic mass is 16.5. The molecule has 1 unspecified atom stereocenters. The van der Waals surface area contributed by atoms with Gasteiger partial charge in [0.2, 0.25) is 17.8 Å². The SMILES string of the molecule is CCOC(=O)C1(C(=O)N2CCCC2C(=O)N2CCN(c3cc(N4CCCC4)nc(N4CCCC4)n3)CC2)CCCC1. The number of likely N-dealkylation sites (tertiary alicyclic amines) is 1. The fourth-order valence-corrected chi connectivity index (χ4v) is 7.40. The molecule has 1 atom stereocenters. The molecule has 41 heavy (non-hydrogen) atoms. The average Bonchev–Trinajstić information content (AvgIpc) is 3.84. The predicted octanol–water partition coefficient (Wildman–Crippen LogP) is 2.44. The molecule has 0 aromatic carbocycles. The Morgan fingerprint density at radius 2 is 1.37 bits per heavy atom. The lowest BCUT2D eigenvalue weighted by Gasteiger charge is -2.39. The highest BCUT2D eigenvalue weighted by molar-refractivity contribution is 6.04. The fraction of sp³-hybridized carbons (Fsp3) is 0.767. The molecule has 11 heteroatoms. The minimum absolute atomic E-state index is 0.00528. The van der Waals surface area contributed by atoms with E-state index in [-0.39, 0.29) is 18.4 Å². The largest absolute Gasteiger partial charge is 0.465 e. The Balaban J connectivity index is 1.13. The molecule has 11 nitrogen and oxygen atoms in total. The van der Waals surface area contributed by atoms with Crippen LogP contribution < -0.4 is 14.7 Å². The summed E-state index contributed by atoms with van der Waals surface area (Å²) in [4.78, 5) is 61.0. The molecule has 2 amide bonds. The van der Waals surface area contributed by atoms with Crippen LogP contribution >= 0.6 is 0 Å². The van der Waals surface area contributed by atoms with Crippen LogP contribution in [0, 0.1) is 5.41 Å². The number of piperazine rings is 1. The van der Waals surface area contributed by atoms with E-state index in [4.69, 9.17) is 14.7 Å². The minimum atomic E-state index is -1.12. The van der Waals surface area contributed by atoms with Crippen molar-refractivity contribution >= 4 is 35.4 Å². The maximum absolute atomic E-state index is 13.8. The van der Waals surface area contributed by atoms with Crippen LogP contribution in [-0.2, 0) is 19.1 Å². The Kier molecular flexibility index (Phi) is 8.21. The van der Waals surface area contributed by atoms with E-state index in [1.807, 2.05) is 4.90 Å². The van der Waals surface area contributed by atoms with Crippen LogP contribution in [0.3, 0.4) is 0 Å². The summed E-state index contributed by atoms with van der Waals surface area (Å²) in [5, 5.41) is 0. The fourth-order valence-electron chi connectivity index (χ4n) is 7.40. The molecule has 0 spiro atoms. The number of carbonyl (C=O) groups is 3. The number of nitrogens with zero attached hydrogens (tertiary/aromatic N) is 7. The van der Waals surface area contributed by atoms with E-state index in [1.54, 1.807) is 11.8 Å². The Hall–Kier alpha value is -3.11. The van der Waals surface area contributed by atoms with Crippen LogP contribution in [0.5, 0.6) is 0 Å². The maximum atomic E-state index is 13.8. The first-order valence-corrected chi connectivity index (χ1v) is 15.9. The topological polar surface area (TPSA) is 102 Å². The van der Waals surface area contributed by atoms with Crippen LogP contribution in [0.4, 0.5) is 17.6 Å². The number of amides is 2. The van der Waals surface area contributed by atoms with Gasteiger partial charge >= 0.3 is 5.97 Å². The van der Waals surface area contributed by atoms with Crippen molar-refractivity contribution in [3.8, 4) is 0 Å². The van der Waals surface area contributed by atoms with Crippen molar-refractivity contribution in [1.29, 1.82) is 0 Å². The Morgan fingerprint density at radius 1 is 0.780 bits per heavy atom.